The van der Waals surface area contributed by atoms with Crippen LogP contribution in [-0.4, -0.2) is 48.4 Å². The molecule has 4 nitrogen and oxygen atoms in total. The summed E-state index contributed by atoms with van der Waals surface area (Å²) in [5, 5.41) is 0. The fourth-order valence-electron chi connectivity index (χ4n) is 3.71. The fourth-order valence-corrected chi connectivity index (χ4v) is 3.71. The molecule has 0 N–H and O–H groups in total. The summed E-state index contributed by atoms with van der Waals surface area (Å²) in [6.45, 7) is 6.34. The van der Waals surface area contributed by atoms with Crippen LogP contribution in [0.3, 0.4) is 0 Å². The number of aliphatic imine (C=N–C) groups is 1. The van der Waals surface area contributed by atoms with E-state index in [1.54, 1.807) is 6.07 Å². The van der Waals surface area contributed by atoms with E-state index in [2.05, 4.69) is 21.7 Å². The summed E-state index contributed by atoms with van der Waals surface area (Å²) >= 11 is 0. The first-order valence-corrected chi connectivity index (χ1v) is 9.51. The molecule has 2 aliphatic rings. The minimum atomic E-state index is -4.50. The van der Waals surface area contributed by atoms with Crippen molar-refractivity contribution in [2.75, 3.05) is 32.7 Å². The molecular weight excluding hydrogens is 367 g/mol. The molecule has 0 amide bonds. The van der Waals surface area contributed by atoms with Crippen molar-refractivity contribution in [3.63, 3.8) is 0 Å². The Morgan fingerprint density at radius 3 is 2.39 bits per heavy atom. The van der Waals surface area contributed by atoms with Crippen LogP contribution in [-0.2, 0) is 6.18 Å². The Bertz CT molecular complexity index is 887. The van der Waals surface area contributed by atoms with Crippen LogP contribution in [0.4, 0.5) is 18.9 Å². The van der Waals surface area contributed by atoms with Crippen LogP contribution >= 0.6 is 0 Å². The van der Waals surface area contributed by atoms with Gasteiger partial charge in [-0.3, -0.25) is 4.90 Å². The number of halogens is 3. The van der Waals surface area contributed by atoms with Gasteiger partial charge in [0, 0.05) is 26.2 Å². The van der Waals surface area contributed by atoms with Gasteiger partial charge in [0.15, 0.2) is 5.75 Å². The van der Waals surface area contributed by atoms with E-state index in [4.69, 9.17) is 4.74 Å². The molecule has 2 aromatic carbocycles. The highest BCUT2D eigenvalue weighted by Crippen LogP contribution is 2.45. The van der Waals surface area contributed by atoms with Gasteiger partial charge in [0.1, 0.15) is 17.3 Å². The number of benzene rings is 2. The first-order chi connectivity index (χ1) is 13.5. The topological polar surface area (TPSA) is 28.1 Å². The molecular formula is C21H22F3N3O. The molecule has 7 heteroatoms. The lowest BCUT2D eigenvalue weighted by molar-refractivity contribution is -0.137. The maximum Gasteiger partial charge on any atom is 0.418 e. The van der Waals surface area contributed by atoms with Crippen molar-refractivity contribution in [1.82, 2.24) is 9.80 Å². The fraction of sp³-hybridized carbons (Fsp3) is 0.381. The maximum absolute atomic E-state index is 13.6. The Labute approximate surface area is 162 Å². The zero-order valence-corrected chi connectivity index (χ0v) is 15.7. The van der Waals surface area contributed by atoms with Crippen LogP contribution in [0.1, 0.15) is 24.5 Å². The van der Waals surface area contributed by atoms with Crippen molar-refractivity contribution in [1.29, 1.82) is 0 Å². The molecule has 1 fully saturated rings. The molecule has 0 atom stereocenters. The summed E-state index contributed by atoms with van der Waals surface area (Å²) in [5.41, 5.74) is -0.215. The third-order valence-electron chi connectivity index (χ3n) is 5.08. The van der Waals surface area contributed by atoms with E-state index >= 15 is 0 Å². The summed E-state index contributed by atoms with van der Waals surface area (Å²) in [6.07, 6.45) is -3.42. The van der Waals surface area contributed by atoms with Gasteiger partial charge in [0.05, 0.1) is 11.1 Å². The molecule has 2 aliphatic heterocycles. The second-order valence-electron chi connectivity index (χ2n) is 7.01. The monoisotopic (exact) mass is 389 g/mol. The van der Waals surface area contributed by atoms with Gasteiger partial charge in [-0.1, -0.05) is 25.1 Å². The number of ether oxygens (including phenoxy) is 1. The number of alkyl halides is 3. The molecule has 0 unspecified atom stereocenters. The quantitative estimate of drug-likeness (QED) is 0.730. The summed E-state index contributed by atoms with van der Waals surface area (Å²) in [5.74, 6) is 1.19. The van der Waals surface area contributed by atoms with Gasteiger partial charge in [-0.15, -0.1) is 0 Å². The van der Waals surface area contributed by atoms with E-state index < -0.39 is 11.7 Å². The van der Waals surface area contributed by atoms with E-state index in [0.29, 0.717) is 11.6 Å². The lowest BCUT2D eigenvalue weighted by Gasteiger charge is -2.36. The van der Waals surface area contributed by atoms with Crippen molar-refractivity contribution in [3.05, 3.63) is 53.6 Å². The third-order valence-corrected chi connectivity index (χ3v) is 5.08. The first kappa shape index (κ1) is 18.8. The van der Waals surface area contributed by atoms with Crippen molar-refractivity contribution in [2.24, 2.45) is 4.99 Å². The van der Waals surface area contributed by atoms with Gasteiger partial charge in [-0.2, -0.15) is 13.2 Å². The molecule has 0 aromatic heterocycles. The molecule has 2 aromatic rings. The van der Waals surface area contributed by atoms with Crippen molar-refractivity contribution >= 4 is 11.5 Å². The standard InChI is InChI=1S/C21H22F3N3O/c1-2-10-26-11-13-27(14-12-26)20-15-6-3-4-8-17(15)28-18-9-5-7-16(19(18)25-20)21(22,23)24/h3-9H,2,10-14H2,1H3. The number of piperazine rings is 1. The van der Waals surface area contributed by atoms with Gasteiger partial charge < -0.3 is 9.64 Å². The SMILES string of the molecule is CCCN1CCN(C2=Nc3c(cccc3C(F)(F)F)Oc3ccccc32)CC1. The Balaban J connectivity index is 1.79. The van der Waals surface area contributed by atoms with Gasteiger partial charge >= 0.3 is 6.18 Å². The molecule has 0 saturated carbocycles. The molecule has 1 saturated heterocycles. The van der Waals surface area contributed by atoms with Gasteiger partial charge in [-0.25, -0.2) is 4.99 Å². The van der Waals surface area contributed by atoms with E-state index in [-0.39, 0.29) is 11.4 Å². The first-order valence-electron chi connectivity index (χ1n) is 9.51. The smallest absolute Gasteiger partial charge is 0.418 e. The maximum atomic E-state index is 13.6. The summed E-state index contributed by atoms with van der Waals surface area (Å²) in [6, 6.07) is 11.2. The zero-order valence-electron chi connectivity index (χ0n) is 15.7. The summed E-state index contributed by atoms with van der Waals surface area (Å²) in [4.78, 5) is 8.95. The van der Waals surface area contributed by atoms with E-state index in [1.807, 2.05) is 18.2 Å². The number of amidine groups is 1. The number of rotatable bonds is 2. The van der Waals surface area contributed by atoms with Crippen molar-refractivity contribution in [3.8, 4) is 11.5 Å². The van der Waals surface area contributed by atoms with Gasteiger partial charge in [0.25, 0.3) is 0 Å². The van der Waals surface area contributed by atoms with E-state index in [0.717, 1.165) is 50.8 Å². The Kier molecular flexibility index (Phi) is 5.02. The van der Waals surface area contributed by atoms with Crippen LogP contribution in [0.2, 0.25) is 0 Å². The minimum Gasteiger partial charge on any atom is -0.454 e. The molecule has 28 heavy (non-hydrogen) atoms. The summed E-state index contributed by atoms with van der Waals surface area (Å²) < 4.78 is 46.7. The zero-order chi connectivity index (χ0) is 19.7. The number of nitrogens with zero attached hydrogens (tertiary/aromatic N) is 3. The molecule has 0 radical (unpaired) electrons. The Morgan fingerprint density at radius 2 is 1.68 bits per heavy atom. The lowest BCUT2D eigenvalue weighted by atomic mass is 10.1. The Morgan fingerprint density at radius 1 is 0.964 bits per heavy atom. The highest BCUT2D eigenvalue weighted by molar-refractivity contribution is 6.04. The second-order valence-corrected chi connectivity index (χ2v) is 7.01. The lowest BCUT2D eigenvalue weighted by Crippen LogP contribution is -2.49. The predicted molar refractivity (Wildman–Crippen MR) is 102 cm³/mol. The normalized spacial score (nSPS) is 17.3. The van der Waals surface area contributed by atoms with Gasteiger partial charge in [-0.05, 0) is 37.2 Å². The average molecular weight is 389 g/mol. The number of hydrogen-bond acceptors (Lipinski definition) is 4. The average Bonchev–Trinajstić information content (AvgIpc) is 2.84. The molecule has 0 aliphatic carbocycles. The highest BCUT2D eigenvalue weighted by Gasteiger charge is 2.36. The number of hydrogen-bond donors (Lipinski definition) is 0. The highest BCUT2D eigenvalue weighted by atomic mass is 19.4. The third kappa shape index (κ3) is 3.58. The van der Waals surface area contributed by atoms with Gasteiger partial charge in [0.2, 0.25) is 0 Å². The number of para-hydroxylation sites is 2. The summed E-state index contributed by atoms with van der Waals surface area (Å²) in [7, 11) is 0. The second kappa shape index (κ2) is 7.47. The van der Waals surface area contributed by atoms with Crippen LogP contribution in [0.15, 0.2) is 47.5 Å². The molecule has 4 rings (SSSR count). The van der Waals surface area contributed by atoms with Crippen LogP contribution < -0.4 is 4.74 Å². The molecule has 0 spiro atoms. The largest absolute Gasteiger partial charge is 0.454 e. The Hall–Kier alpha value is -2.54. The van der Waals surface area contributed by atoms with E-state index in [1.165, 1.54) is 12.1 Å². The van der Waals surface area contributed by atoms with Crippen molar-refractivity contribution < 1.29 is 17.9 Å². The predicted octanol–water partition coefficient (Wildman–Crippen LogP) is 4.92. The van der Waals surface area contributed by atoms with Crippen LogP contribution in [0.25, 0.3) is 0 Å². The van der Waals surface area contributed by atoms with Crippen molar-refractivity contribution in [2.45, 2.75) is 19.5 Å². The number of fused-ring (bicyclic) bond motifs is 2. The molecule has 0 bridgehead atoms. The van der Waals surface area contributed by atoms with Crippen LogP contribution in [0, 0.1) is 0 Å². The minimum absolute atomic E-state index is 0.127. The van der Waals surface area contributed by atoms with Crippen LogP contribution in [0.5, 0.6) is 11.5 Å². The molecule has 2 heterocycles. The molecule has 148 valence electrons. The van der Waals surface area contributed by atoms with E-state index in [9.17, 15) is 13.2 Å².